The van der Waals surface area contributed by atoms with E-state index in [-0.39, 0.29) is 10.9 Å². The van der Waals surface area contributed by atoms with Crippen LogP contribution in [0.3, 0.4) is 0 Å². The van der Waals surface area contributed by atoms with Crippen molar-refractivity contribution in [1.29, 1.82) is 0 Å². The van der Waals surface area contributed by atoms with Gasteiger partial charge in [-0.25, -0.2) is 18.4 Å². The van der Waals surface area contributed by atoms with Crippen LogP contribution in [0.15, 0.2) is 52.4 Å². The molecule has 1 fully saturated rings. The molecule has 0 N–H and O–H groups in total. The number of piperidine rings is 1. The normalized spacial score (nSPS) is 18.1. The summed E-state index contributed by atoms with van der Waals surface area (Å²) >= 11 is 0. The summed E-state index contributed by atoms with van der Waals surface area (Å²) in [5.41, 5.74) is 1.09. The van der Waals surface area contributed by atoms with Gasteiger partial charge in [-0.1, -0.05) is 12.1 Å². The van der Waals surface area contributed by atoms with Crippen molar-refractivity contribution in [2.45, 2.75) is 30.2 Å². The van der Waals surface area contributed by atoms with Crippen molar-refractivity contribution in [3.8, 4) is 5.75 Å². The topological polar surface area (TPSA) is 90.5 Å². The molecule has 0 saturated carbocycles. The molecule has 1 saturated heterocycles. The minimum absolute atomic E-state index is 0.0631. The van der Waals surface area contributed by atoms with Gasteiger partial charge in [0.1, 0.15) is 11.5 Å². The van der Waals surface area contributed by atoms with Crippen LogP contribution in [0.2, 0.25) is 0 Å². The van der Waals surface area contributed by atoms with Crippen LogP contribution in [0.5, 0.6) is 5.75 Å². The average Bonchev–Trinajstić information content (AvgIpc) is 3.38. The van der Waals surface area contributed by atoms with E-state index in [2.05, 4.69) is 9.97 Å². The lowest BCUT2D eigenvalue weighted by molar-refractivity contribution is 0.281. The standard InChI is InChI=1S/C20H24N4O4S/c1-23-13-19(22-14-23)29(25,26)24-9-3-4-16(12-24)20-21-11-18(28-20)10-15-5-7-17(27-2)8-6-15/h5-8,11,13-14,16H,3-4,9-10,12H2,1-2H3/t16-/m1/s1. The Hall–Kier alpha value is -2.65. The highest BCUT2D eigenvalue weighted by Gasteiger charge is 2.34. The highest BCUT2D eigenvalue weighted by atomic mass is 32.2. The predicted molar refractivity (Wildman–Crippen MR) is 106 cm³/mol. The molecule has 2 aromatic heterocycles. The molecule has 1 aliphatic heterocycles. The Balaban J connectivity index is 1.46. The molecule has 3 heterocycles. The molecule has 0 unspecified atom stereocenters. The summed E-state index contributed by atoms with van der Waals surface area (Å²) in [5, 5.41) is 0.0771. The number of methoxy groups -OCH3 is 1. The van der Waals surface area contributed by atoms with Gasteiger partial charge in [-0.3, -0.25) is 0 Å². The van der Waals surface area contributed by atoms with Crippen molar-refractivity contribution in [1.82, 2.24) is 18.8 Å². The van der Waals surface area contributed by atoms with Crippen molar-refractivity contribution in [2.24, 2.45) is 7.05 Å². The highest BCUT2D eigenvalue weighted by molar-refractivity contribution is 7.89. The molecule has 1 aliphatic rings. The molecule has 9 heteroatoms. The molecule has 0 spiro atoms. The average molecular weight is 417 g/mol. The first-order valence-corrected chi connectivity index (χ1v) is 11.0. The van der Waals surface area contributed by atoms with E-state index in [4.69, 9.17) is 9.15 Å². The lowest BCUT2D eigenvalue weighted by atomic mass is 10.00. The summed E-state index contributed by atoms with van der Waals surface area (Å²) in [6.45, 7) is 0.830. The quantitative estimate of drug-likeness (QED) is 0.613. The summed E-state index contributed by atoms with van der Waals surface area (Å²) in [5.74, 6) is 2.10. The summed E-state index contributed by atoms with van der Waals surface area (Å²) in [6, 6.07) is 7.80. The maximum atomic E-state index is 12.9. The van der Waals surface area contributed by atoms with Crippen LogP contribution in [0, 0.1) is 0 Å². The van der Waals surface area contributed by atoms with Crippen molar-refractivity contribution in [3.63, 3.8) is 0 Å². The molecule has 4 rings (SSSR count). The number of aromatic nitrogens is 3. The zero-order valence-corrected chi connectivity index (χ0v) is 17.3. The number of sulfonamides is 1. The maximum absolute atomic E-state index is 12.9. The first kappa shape index (κ1) is 19.7. The molecule has 0 bridgehead atoms. The maximum Gasteiger partial charge on any atom is 0.262 e. The van der Waals surface area contributed by atoms with E-state index in [0.717, 1.165) is 29.9 Å². The number of imidazole rings is 1. The molecule has 154 valence electrons. The molecular weight excluding hydrogens is 392 g/mol. The van der Waals surface area contributed by atoms with Gasteiger partial charge in [0.2, 0.25) is 0 Å². The second kappa shape index (κ2) is 8.00. The Labute approximate surface area is 170 Å². The molecule has 8 nitrogen and oxygen atoms in total. The number of hydrogen-bond acceptors (Lipinski definition) is 6. The monoisotopic (exact) mass is 416 g/mol. The number of aryl methyl sites for hydroxylation is 1. The number of oxazole rings is 1. The molecule has 0 amide bonds. The van der Waals surface area contributed by atoms with Gasteiger partial charge < -0.3 is 13.7 Å². The number of rotatable bonds is 6. The molecule has 1 atom stereocenters. The molecule has 1 aromatic carbocycles. The van der Waals surface area contributed by atoms with E-state index >= 15 is 0 Å². The third-order valence-corrected chi connectivity index (χ3v) is 6.88. The molecular formula is C20H24N4O4S. The summed E-state index contributed by atoms with van der Waals surface area (Å²) in [6.07, 6.45) is 6.97. The Morgan fingerprint density at radius 2 is 2.03 bits per heavy atom. The molecule has 0 aliphatic carbocycles. The minimum atomic E-state index is -3.61. The summed E-state index contributed by atoms with van der Waals surface area (Å²) in [7, 11) is -0.220. The van der Waals surface area contributed by atoms with Crippen LogP contribution in [0.4, 0.5) is 0 Å². The van der Waals surface area contributed by atoms with Crippen LogP contribution in [-0.4, -0.2) is 47.5 Å². The van der Waals surface area contributed by atoms with Gasteiger partial charge in [-0.2, -0.15) is 4.31 Å². The fourth-order valence-corrected chi connectivity index (χ4v) is 5.04. The number of nitrogens with zero attached hydrogens (tertiary/aromatic N) is 4. The zero-order chi connectivity index (χ0) is 20.4. The van der Waals surface area contributed by atoms with Gasteiger partial charge in [-0.05, 0) is 30.5 Å². The Kier molecular flexibility index (Phi) is 5.42. The fourth-order valence-electron chi connectivity index (χ4n) is 3.55. The van der Waals surface area contributed by atoms with Gasteiger partial charge in [0.05, 0.1) is 19.6 Å². The van der Waals surface area contributed by atoms with Crippen molar-refractivity contribution in [3.05, 3.63) is 60.2 Å². The van der Waals surface area contributed by atoms with E-state index in [1.807, 2.05) is 24.3 Å². The summed E-state index contributed by atoms with van der Waals surface area (Å²) in [4.78, 5) is 8.44. The van der Waals surface area contributed by atoms with E-state index in [0.29, 0.717) is 25.4 Å². The van der Waals surface area contributed by atoms with Crippen LogP contribution >= 0.6 is 0 Å². The van der Waals surface area contributed by atoms with Crippen LogP contribution in [-0.2, 0) is 23.5 Å². The second-order valence-electron chi connectivity index (χ2n) is 7.27. The number of benzene rings is 1. The SMILES string of the molecule is COc1ccc(Cc2cnc([C@@H]3CCCN(S(=O)(=O)c4cn(C)cn4)C3)o2)cc1. The molecule has 29 heavy (non-hydrogen) atoms. The Morgan fingerprint density at radius 3 is 2.72 bits per heavy atom. The van der Waals surface area contributed by atoms with E-state index in [1.165, 1.54) is 16.8 Å². The first-order chi connectivity index (χ1) is 14.0. The van der Waals surface area contributed by atoms with Gasteiger partial charge in [0.15, 0.2) is 10.9 Å². The minimum Gasteiger partial charge on any atom is -0.497 e. The van der Waals surface area contributed by atoms with E-state index in [9.17, 15) is 8.42 Å². The van der Waals surface area contributed by atoms with Crippen molar-refractivity contribution in [2.75, 3.05) is 20.2 Å². The second-order valence-corrected chi connectivity index (χ2v) is 9.15. The molecule has 3 aromatic rings. The van der Waals surface area contributed by atoms with Crippen molar-refractivity contribution < 1.29 is 17.6 Å². The van der Waals surface area contributed by atoms with Crippen LogP contribution in [0.25, 0.3) is 0 Å². The highest BCUT2D eigenvalue weighted by Crippen LogP contribution is 2.30. The first-order valence-electron chi connectivity index (χ1n) is 9.51. The van der Waals surface area contributed by atoms with Crippen LogP contribution in [0.1, 0.15) is 36.0 Å². The molecule has 0 radical (unpaired) electrons. The third-order valence-electron chi connectivity index (χ3n) is 5.13. The van der Waals surface area contributed by atoms with Crippen LogP contribution < -0.4 is 4.74 Å². The number of ether oxygens (including phenoxy) is 1. The fraction of sp³-hybridized carbons (Fsp3) is 0.400. The lowest BCUT2D eigenvalue weighted by Crippen LogP contribution is -2.39. The smallest absolute Gasteiger partial charge is 0.262 e. The largest absolute Gasteiger partial charge is 0.497 e. The van der Waals surface area contributed by atoms with Crippen molar-refractivity contribution >= 4 is 10.0 Å². The summed E-state index contributed by atoms with van der Waals surface area (Å²) < 4.78 is 40.0. The van der Waals surface area contributed by atoms with Gasteiger partial charge in [0, 0.05) is 38.7 Å². The number of hydrogen-bond donors (Lipinski definition) is 0. The Morgan fingerprint density at radius 1 is 1.24 bits per heavy atom. The Bertz CT molecular complexity index is 1070. The van der Waals surface area contributed by atoms with Gasteiger partial charge in [0.25, 0.3) is 10.0 Å². The van der Waals surface area contributed by atoms with Gasteiger partial charge >= 0.3 is 0 Å². The van der Waals surface area contributed by atoms with E-state index in [1.54, 1.807) is 24.9 Å². The van der Waals surface area contributed by atoms with E-state index < -0.39 is 10.0 Å². The zero-order valence-electron chi connectivity index (χ0n) is 16.5. The predicted octanol–water partition coefficient (Wildman–Crippen LogP) is 2.58. The lowest BCUT2D eigenvalue weighted by Gasteiger charge is -2.29. The van der Waals surface area contributed by atoms with Gasteiger partial charge in [-0.15, -0.1) is 0 Å². The third kappa shape index (κ3) is 4.20.